The topological polar surface area (TPSA) is 116 Å². The van der Waals surface area contributed by atoms with Crippen LogP contribution in [0.15, 0.2) is 58.3 Å². The lowest BCUT2D eigenvalue weighted by Gasteiger charge is -2.13. The quantitative estimate of drug-likeness (QED) is 0.517. The number of thioether (sulfide) groups is 1. The molecule has 2 aromatic carbocycles. The van der Waals surface area contributed by atoms with Crippen molar-refractivity contribution < 1.29 is 22.7 Å². The summed E-state index contributed by atoms with van der Waals surface area (Å²) in [5.41, 5.74) is 0.353. The van der Waals surface area contributed by atoms with Crippen LogP contribution < -0.4 is 10.5 Å². The Bertz CT molecular complexity index is 915. The third kappa shape index (κ3) is 6.87. The molecule has 10 heteroatoms. The van der Waals surface area contributed by atoms with Crippen molar-refractivity contribution in [3.8, 4) is 0 Å². The minimum absolute atomic E-state index is 0.0440. The largest absolute Gasteiger partial charge is 0.452 e. The van der Waals surface area contributed by atoms with Crippen molar-refractivity contribution in [3.63, 3.8) is 0 Å². The summed E-state index contributed by atoms with van der Waals surface area (Å²) in [7, 11) is -3.80. The first-order valence-corrected chi connectivity index (χ1v) is 10.6. The fraction of sp³-hybridized carbons (Fsp3) is 0.176. The van der Waals surface area contributed by atoms with Gasteiger partial charge >= 0.3 is 5.97 Å². The Morgan fingerprint density at radius 2 is 1.74 bits per heavy atom. The van der Waals surface area contributed by atoms with Gasteiger partial charge in [0.2, 0.25) is 10.0 Å². The van der Waals surface area contributed by atoms with Crippen molar-refractivity contribution in [1.82, 2.24) is 0 Å². The van der Waals surface area contributed by atoms with Gasteiger partial charge in [-0.1, -0.05) is 11.6 Å². The molecule has 1 amide bonds. The van der Waals surface area contributed by atoms with E-state index in [0.29, 0.717) is 10.7 Å². The molecule has 1 atom stereocenters. The summed E-state index contributed by atoms with van der Waals surface area (Å²) in [5, 5.41) is 8.14. The number of nitrogens with two attached hydrogens (primary N) is 1. The molecule has 0 heterocycles. The molecule has 0 saturated carbocycles. The molecule has 3 N–H and O–H groups in total. The van der Waals surface area contributed by atoms with E-state index < -0.39 is 28.0 Å². The molecule has 0 aromatic heterocycles. The maximum atomic E-state index is 12.1. The van der Waals surface area contributed by atoms with Gasteiger partial charge in [0.15, 0.2) is 6.10 Å². The monoisotopic (exact) mass is 428 g/mol. The third-order valence-corrected chi connectivity index (χ3v) is 5.46. The number of hydrogen-bond donors (Lipinski definition) is 2. The molecule has 144 valence electrons. The van der Waals surface area contributed by atoms with Crippen LogP contribution in [0, 0.1) is 0 Å². The molecule has 7 nitrogen and oxygen atoms in total. The smallest absolute Gasteiger partial charge is 0.317 e. The molecule has 0 fully saturated rings. The number of carbonyl (C=O) groups is 2. The summed E-state index contributed by atoms with van der Waals surface area (Å²) in [5.74, 6) is -1.03. The summed E-state index contributed by atoms with van der Waals surface area (Å²) < 4.78 is 27.5. The SMILES string of the molecule is CC(OC(=O)CSc1ccc(Cl)cc1)C(=O)Nc1ccc(S(N)(=O)=O)cc1. The molecular weight excluding hydrogens is 412 g/mol. The van der Waals surface area contributed by atoms with Crippen LogP contribution in [0.25, 0.3) is 0 Å². The van der Waals surface area contributed by atoms with Gasteiger partial charge in [-0.3, -0.25) is 9.59 Å². The summed E-state index contributed by atoms with van der Waals surface area (Å²) in [4.78, 5) is 24.7. The Morgan fingerprint density at radius 3 is 2.30 bits per heavy atom. The Labute approximate surface area is 166 Å². The number of carbonyl (C=O) groups excluding carboxylic acids is 2. The number of rotatable bonds is 7. The van der Waals surface area contributed by atoms with E-state index in [9.17, 15) is 18.0 Å². The van der Waals surface area contributed by atoms with Crippen LogP contribution in [0.4, 0.5) is 5.69 Å². The Morgan fingerprint density at radius 1 is 1.15 bits per heavy atom. The zero-order chi connectivity index (χ0) is 20.0. The van der Waals surface area contributed by atoms with E-state index in [1.807, 2.05) is 0 Å². The van der Waals surface area contributed by atoms with E-state index in [-0.39, 0.29) is 10.6 Å². The van der Waals surface area contributed by atoms with Crippen LogP contribution in [-0.4, -0.2) is 32.2 Å². The minimum Gasteiger partial charge on any atom is -0.452 e. The number of ether oxygens (including phenoxy) is 1. The summed E-state index contributed by atoms with van der Waals surface area (Å²) in [6, 6.07) is 12.3. The van der Waals surface area contributed by atoms with Gasteiger partial charge < -0.3 is 10.1 Å². The van der Waals surface area contributed by atoms with E-state index in [4.69, 9.17) is 21.5 Å². The number of sulfonamides is 1. The molecule has 27 heavy (non-hydrogen) atoms. The highest BCUT2D eigenvalue weighted by atomic mass is 35.5. The second-order valence-electron chi connectivity index (χ2n) is 5.43. The Hall–Kier alpha value is -2.07. The van der Waals surface area contributed by atoms with E-state index in [1.54, 1.807) is 24.3 Å². The average Bonchev–Trinajstić information content (AvgIpc) is 2.61. The first-order valence-electron chi connectivity index (χ1n) is 7.67. The van der Waals surface area contributed by atoms with Gasteiger partial charge in [0, 0.05) is 15.6 Å². The number of halogens is 1. The normalized spacial score (nSPS) is 12.3. The van der Waals surface area contributed by atoms with Crippen LogP contribution in [0.5, 0.6) is 0 Å². The fourth-order valence-electron chi connectivity index (χ4n) is 1.93. The first kappa shape index (κ1) is 21.2. The number of nitrogens with one attached hydrogen (secondary N) is 1. The van der Waals surface area contributed by atoms with Gasteiger partial charge in [-0.25, -0.2) is 13.6 Å². The molecule has 2 rings (SSSR count). The maximum Gasteiger partial charge on any atom is 0.317 e. The Kier molecular flexibility index (Phi) is 7.25. The number of benzene rings is 2. The molecular formula is C17H17ClN2O5S2. The molecule has 0 aliphatic rings. The first-order chi connectivity index (χ1) is 12.6. The predicted octanol–water partition coefficient (Wildman–Crippen LogP) is 2.65. The van der Waals surface area contributed by atoms with Crippen molar-refractivity contribution in [2.24, 2.45) is 5.14 Å². The minimum atomic E-state index is -3.80. The molecule has 0 radical (unpaired) electrons. The summed E-state index contributed by atoms with van der Waals surface area (Å²) >= 11 is 7.06. The van der Waals surface area contributed by atoms with Gasteiger partial charge in [-0.05, 0) is 55.5 Å². The highest BCUT2D eigenvalue weighted by Crippen LogP contribution is 2.20. The lowest BCUT2D eigenvalue weighted by Crippen LogP contribution is -2.30. The molecule has 0 aliphatic carbocycles. The fourth-order valence-corrected chi connectivity index (χ4v) is 3.25. The number of amides is 1. The molecule has 0 saturated heterocycles. The lowest BCUT2D eigenvalue weighted by molar-refractivity contribution is -0.150. The highest BCUT2D eigenvalue weighted by molar-refractivity contribution is 8.00. The predicted molar refractivity (Wildman–Crippen MR) is 104 cm³/mol. The van der Waals surface area contributed by atoms with E-state index in [1.165, 1.54) is 43.0 Å². The van der Waals surface area contributed by atoms with Crippen molar-refractivity contribution >= 4 is 50.9 Å². The van der Waals surface area contributed by atoms with Crippen LogP contribution >= 0.6 is 23.4 Å². The van der Waals surface area contributed by atoms with Crippen LogP contribution in [0.2, 0.25) is 5.02 Å². The van der Waals surface area contributed by atoms with Crippen molar-refractivity contribution in [2.45, 2.75) is 22.8 Å². The summed E-state index contributed by atoms with van der Waals surface area (Å²) in [6.45, 7) is 1.44. The van der Waals surface area contributed by atoms with Crippen molar-refractivity contribution in [1.29, 1.82) is 0 Å². The standard InChI is InChI=1S/C17H17ClN2O5S2/c1-11(25-16(21)10-26-14-6-2-12(18)3-7-14)17(22)20-13-4-8-15(9-5-13)27(19,23)24/h2-9,11H,10H2,1H3,(H,20,22)(H2,19,23,24). The highest BCUT2D eigenvalue weighted by Gasteiger charge is 2.18. The second-order valence-corrected chi connectivity index (χ2v) is 8.48. The molecule has 2 aromatic rings. The van der Waals surface area contributed by atoms with E-state index in [2.05, 4.69) is 5.32 Å². The van der Waals surface area contributed by atoms with Gasteiger partial charge in [0.05, 0.1) is 10.6 Å². The molecule has 0 aliphatic heterocycles. The van der Waals surface area contributed by atoms with Crippen LogP contribution in [0.1, 0.15) is 6.92 Å². The molecule has 0 spiro atoms. The van der Waals surface area contributed by atoms with Crippen molar-refractivity contribution in [2.75, 3.05) is 11.1 Å². The second kappa shape index (κ2) is 9.23. The lowest BCUT2D eigenvalue weighted by atomic mass is 10.3. The third-order valence-electron chi connectivity index (χ3n) is 3.30. The number of primary sulfonamides is 1. The van der Waals surface area contributed by atoms with Crippen LogP contribution in [-0.2, 0) is 24.3 Å². The maximum absolute atomic E-state index is 12.1. The average molecular weight is 429 g/mol. The van der Waals surface area contributed by atoms with Gasteiger partial charge in [-0.15, -0.1) is 11.8 Å². The zero-order valence-electron chi connectivity index (χ0n) is 14.2. The molecule has 0 bridgehead atoms. The Balaban J connectivity index is 1.83. The van der Waals surface area contributed by atoms with E-state index >= 15 is 0 Å². The zero-order valence-corrected chi connectivity index (χ0v) is 16.6. The summed E-state index contributed by atoms with van der Waals surface area (Å²) in [6.07, 6.45) is -1.01. The molecule has 1 unspecified atom stereocenters. The van der Waals surface area contributed by atoms with E-state index in [0.717, 1.165) is 4.90 Å². The number of esters is 1. The van der Waals surface area contributed by atoms with Gasteiger partial charge in [0.25, 0.3) is 5.91 Å². The number of anilines is 1. The van der Waals surface area contributed by atoms with Gasteiger partial charge in [-0.2, -0.15) is 0 Å². The number of hydrogen-bond acceptors (Lipinski definition) is 6. The van der Waals surface area contributed by atoms with Gasteiger partial charge in [0.1, 0.15) is 0 Å². The van der Waals surface area contributed by atoms with Crippen LogP contribution in [0.3, 0.4) is 0 Å². The van der Waals surface area contributed by atoms with Crippen molar-refractivity contribution in [3.05, 3.63) is 53.6 Å².